The van der Waals surface area contributed by atoms with Gasteiger partial charge >= 0.3 is 0 Å². The zero-order valence-corrected chi connectivity index (χ0v) is 8.25. The first-order valence-electron chi connectivity index (χ1n) is 5.00. The Morgan fingerprint density at radius 2 is 2.15 bits per heavy atom. The van der Waals surface area contributed by atoms with E-state index in [2.05, 4.69) is 19.9 Å². The smallest absolute Gasteiger partial charge is 0.115 e. The van der Waals surface area contributed by atoms with E-state index in [4.69, 9.17) is 0 Å². The SMILES string of the molecule is CC(C)C1CCc2cc(O)ccc21. The number of phenols is 1. The van der Waals surface area contributed by atoms with Gasteiger partial charge < -0.3 is 5.11 Å². The van der Waals surface area contributed by atoms with E-state index in [9.17, 15) is 5.11 Å². The number of aryl methyl sites for hydroxylation is 1. The van der Waals surface area contributed by atoms with Crippen molar-refractivity contribution >= 4 is 0 Å². The number of hydrogen-bond donors (Lipinski definition) is 1. The summed E-state index contributed by atoms with van der Waals surface area (Å²) in [6, 6.07) is 5.81. The Hall–Kier alpha value is -0.980. The number of phenolic OH excluding ortho intramolecular Hbond substituents is 1. The van der Waals surface area contributed by atoms with Gasteiger partial charge in [-0.3, -0.25) is 0 Å². The number of aromatic hydroxyl groups is 1. The minimum atomic E-state index is 0.406. The summed E-state index contributed by atoms with van der Waals surface area (Å²) in [4.78, 5) is 0. The molecule has 0 aliphatic heterocycles. The number of fused-ring (bicyclic) bond motifs is 1. The van der Waals surface area contributed by atoms with Gasteiger partial charge in [-0.05, 0) is 47.9 Å². The summed E-state index contributed by atoms with van der Waals surface area (Å²) in [5, 5.41) is 9.32. The highest BCUT2D eigenvalue weighted by Crippen LogP contribution is 2.39. The van der Waals surface area contributed by atoms with Crippen molar-refractivity contribution in [3.05, 3.63) is 29.3 Å². The van der Waals surface area contributed by atoms with Crippen molar-refractivity contribution in [2.24, 2.45) is 5.92 Å². The standard InChI is InChI=1S/C12H16O/c1-8(2)11-5-3-9-7-10(13)4-6-12(9)11/h4,6-8,11,13H,3,5H2,1-2H3. The van der Waals surface area contributed by atoms with E-state index in [1.807, 2.05) is 6.07 Å². The van der Waals surface area contributed by atoms with Gasteiger partial charge in [-0.2, -0.15) is 0 Å². The summed E-state index contributed by atoms with van der Waals surface area (Å²) in [7, 11) is 0. The fraction of sp³-hybridized carbons (Fsp3) is 0.500. The van der Waals surface area contributed by atoms with Crippen LogP contribution in [0.1, 0.15) is 37.3 Å². The number of benzene rings is 1. The van der Waals surface area contributed by atoms with Crippen LogP contribution in [-0.2, 0) is 6.42 Å². The minimum Gasteiger partial charge on any atom is -0.508 e. The lowest BCUT2D eigenvalue weighted by atomic mass is 9.90. The molecule has 1 aliphatic carbocycles. The number of rotatable bonds is 1. The average Bonchev–Trinajstić information content (AvgIpc) is 2.46. The van der Waals surface area contributed by atoms with Crippen LogP contribution >= 0.6 is 0 Å². The summed E-state index contributed by atoms with van der Waals surface area (Å²) in [6.45, 7) is 4.54. The maximum atomic E-state index is 9.32. The molecule has 0 fully saturated rings. The highest BCUT2D eigenvalue weighted by Gasteiger charge is 2.24. The van der Waals surface area contributed by atoms with Crippen LogP contribution in [0.15, 0.2) is 18.2 Å². The molecule has 1 aromatic rings. The van der Waals surface area contributed by atoms with Crippen molar-refractivity contribution in [3.63, 3.8) is 0 Å². The van der Waals surface area contributed by atoms with Crippen LogP contribution in [0.5, 0.6) is 5.75 Å². The molecule has 2 rings (SSSR count). The predicted molar refractivity (Wildman–Crippen MR) is 54.0 cm³/mol. The van der Waals surface area contributed by atoms with Gasteiger partial charge in [0.1, 0.15) is 5.75 Å². The molecule has 1 aromatic carbocycles. The van der Waals surface area contributed by atoms with Crippen molar-refractivity contribution in [1.29, 1.82) is 0 Å². The molecule has 1 N–H and O–H groups in total. The third kappa shape index (κ3) is 1.43. The molecule has 13 heavy (non-hydrogen) atoms. The second-order valence-electron chi connectivity index (χ2n) is 4.27. The Bertz CT molecular complexity index is 315. The second kappa shape index (κ2) is 3.06. The Kier molecular flexibility index (Phi) is 2.03. The normalized spacial score (nSPS) is 20.7. The summed E-state index contributed by atoms with van der Waals surface area (Å²) in [5.41, 5.74) is 2.80. The second-order valence-corrected chi connectivity index (χ2v) is 4.27. The molecule has 0 saturated heterocycles. The summed E-state index contributed by atoms with van der Waals surface area (Å²) in [5.74, 6) is 1.82. The van der Waals surface area contributed by atoms with E-state index < -0.39 is 0 Å². The first-order valence-corrected chi connectivity index (χ1v) is 5.00. The molecular formula is C12H16O. The molecule has 0 heterocycles. The largest absolute Gasteiger partial charge is 0.508 e. The highest BCUT2D eigenvalue weighted by molar-refractivity contribution is 5.40. The zero-order valence-electron chi connectivity index (χ0n) is 8.25. The molecule has 0 amide bonds. The molecule has 0 aromatic heterocycles. The molecule has 1 aliphatic rings. The predicted octanol–water partition coefficient (Wildman–Crippen LogP) is 3.08. The summed E-state index contributed by atoms with van der Waals surface area (Å²) >= 11 is 0. The van der Waals surface area contributed by atoms with Crippen LogP contribution in [0.3, 0.4) is 0 Å². The van der Waals surface area contributed by atoms with Gasteiger partial charge in [0.2, 0.25) is 0 Å². The van der Waals surface area contributed by atoms with Crippen molar-refractivity contribution in [2.75, 3.05) is 0 Å². The Labute approximate surface area is 79.4 Å². The van der Waals surface area contributed by atoms with Crippen LogP contribution in [0, 0.1) is 5.92 Å². The summed E-state index contributed by atoms with van der Waals surface area (Å²) in [6.07, 6.45) is 2.38. The average molecular weight is 176 g/mol. The molecular weight excluding hydrogens is 160 g/mol. The fourth-order valence-electron chi connectivity index (χ4n) is 2.33. The van der Waals surface area contributed by atoms with Crippen molar-refractivity contribution in [2.45, 2.75) is 32.6 Å². The van der Waals surface area contributed by atoms with E-state index in [0.717, 1.165) is 6.42 Å². The lowest BCUT2D eigenvalue weighted by Crippen LogP contribution is -2.01. The summed E-state index contributed by atoms with van der Waals surface area (Å²) < 4.78 is 0. The van der Waals surface area contributed by atoms with Gasteiger partial charge in [0, 0.05) is 0 Å². The van der Waals surface area contributed by atoms with E-state index in [1.54, 1.807) is 6.07 Å². The highest BCUT2D eigenvalue weighted by atomic mass is 16.3. The molecule has 1 heteroatoms. The zero-order chi connectivity index (χ0) is 9.42. The monoisotopic (exact) mass is 176 g/mol. The van der Waals surface area contributed by atoms with Crippen LogP contribution in [-0.4, -0.2) is 5.11 Å². The van der Waals surface area contributed by atoms with E-state index >= 15 is 0 Å². The lowest BCUT2D eigenvalue weighted by molar-refractivity contribution is 0.474. The molecule has 0 saturated carbocycles. The Balaban J connectivity index is 2.38. The van der Waals surface area contributed by atoms with Crippen LogP contribution in [0.25, 0.3) is 0 Å². The molecule has 0 bridgehead atoms. The van der Waals surface area contributed by atoms with Crippen molar-refractivity contribution in [3.8, 4) is 5.75 Å². The molecule has 70 valence electrons. The Morgan fingerprint density at radius 1 is 1.38 bits per heavy atom. The molecule has 1 nitrogen and oxygen atoms in total. The third-order valence-corrected chi connectivity index (χ3v) is 3.06. The maximum absolute atomic E-state index is 9.32. The van der Waals surface area contributed by atoms with Crippen molar-refractivity contribution in [1.82, 2.24) is 0 Å². The Morgan fingerprint density at radius 3 is 2.85 bits per heavy atom. The quantitative estimate of drug-likeness (QED) is 0.697. The van der Waals surface area contributed by atoms with Crippen LogP contribution < -0.4 is 0 Å². The van der Waals surface area contributed by atoms with Crippen LogP contribution in [0.2, 0.25) is 0 Å². The van der Waals surface area contributed by atoms with Gasteiger partial charge in [-0.1, -0.05) is 19.9 Å². The molecule has 0 spiro atoms. The van der Waals surface area contributed by atoms with Gasteiger partial charge in [-0.15, -0.1) is 0 Å². The topological polar surface area (TPSA) is 20.2 Å². The van der Waals surface area contributed by atoms with Gasteiger partial charge in [0.05, 0.1) is 0 Å². The lowest BCUT2D eigenvalue weighted by Gasteiger charge is -2.15. The molecule has 1 unspecified atom stereocenters. The molecule has 0 radical (unpaired) electrons. The van der Waals surface area contributed by atoms with Gasteiger partial charge in [0.25, 0.3) is 0 Å². The molecule has 1 atom stereocenters. The van der Waals surface area contributed by atoms with Crippen molar-refractivity contribution < 1.29 is 5.11 Å². The first kappa shape index (κ1) is 8.61. The maximum Gasteiger partial charge on any atom is 0.115 e. The van der Waals surface area contributed by atoms with Crippen LogP contribution in [0.4, 0.5) is 0 Å². The first-order chi connectivity index (χ1) is 6.18. The van der Waals surface area contributed by atoms with E-state index in [-0.39, 0.29) is 0 Å². The number of hydrogen-bond acceptors (Lipinski definition) is 1. The van der Waals surface area contributed by atoms with E-state index in [1.165, 1.54) is 17.5 Å². The van der Waals surface area contributed by atoms with Gasteiger partial charge in [0.15, 0.2) is 0 Å². The van der Waals surface area contributed by atoms with Gasteiger partial charge in [-0.25, -0.2) is 0 Å². The fourth-order valence-corrected chi connectivity index (χ4v) is 2.33. The van der Waals surface area contributed by atoms with E-state index in [0.29, 0.717) is 17.6 Å². The third-order valence-electron chi connectivity index (χ3n) is 3.06. The minimum absolute atomic E-state index is 0.406.